The smallest absolute Gasteiger partial charge is 0.240 e. The van der Waals surface area contributed by atoms with Crippen molar-refractivity contribution in [2.45, 2.75) is 18.4 Å². The number of fused-ring (bicyclic) bond motifs is 1. The molecule has 21 heavy (non-hydrogen) atoms. The van der Waals surface area contributed by atoms with Gasteiger partial charge in [-0.25, -0.2) is 13.1 Å². The van der Waals surface area contributed by atoms with Gasteiger partial charge in [0.25, 0.3) is 0 Å². The first-order chi connectivity index (χ1) is 10.1. The Bertz CT molecular complexity index is 868. The minimum absolute atomic E-state index is 0.265. The molecule has 1 aromatic heterocycles. The standard InChI is InChI=1S/C16H16N2O2S/c1-12-6-5-9-15-13(10-17-16(12)15)11-18-21(19,20)14-7-3-2-4-8-14/h2-10,17-18H,11H2,1H3. The van der Waals surface area contributed by atoms with Gasteiger partial charge in [0, 0.05) is 23.6 Å². The van der Waals surface area contributed by atoms with Crippen molar-refractivity contribution in [1.29, 1.82) is 0 Å². The second-order valence-corrected chi connectivity index (χ2v) is 6.72. The molecule has 0 spiro atoms. The van der Waals surface area contributed by atoms with Gasteiger partial charge >= 0.3 is 0 Å². The molecule has 0 bridgehead atoms. The fraction of sp³-hybridized carbons (Fsp3) is 0.125. The first-order valence-electron chi connectivity index (χ1n) is 6.68. The molecule has 0 aliphatic heterocycles. The van der Waals surface area contributed by atoms with E-state index in [4.69, 9.17) is 0 Å². The van der Waals surface area contributed by atoms with E-state index in [1.54, 1.807) is 30.3 Å². The lowest BCUT2D eigenvalue weighted by atomic mass is 10.1. The number of aromatic nitrogens is 1. The summed E-state index contributed by atoms with van der Waals surface area (Å²) in [5.74, 6) is 0. The van der Waals surface area contributed by atoms with Crippen LogP contribution in [0.1, 0.15) is 11.1 Å². The lowest BCUT2D eigenvalue weighted by Gasteiger charge is -2.06. The molecule has 3 rings (SSSR count). The molecule has 3 aromatic rings. The molecular weight excluding hydrogens is 284 g/mol. The van der Waals surface area contributed by atoms with E-state index in [-0.39, 0.29) is 11.4 Å². The number of para-hydroxylation sites is 1. The topological polar surface area (TPSA) is 62.0 Å². The summed E-state index contributed by atoms with van der Waals surface area (Å²) in [7, 11) is -3.48. The minimum Gasteiger partial charge on any atom is -0.361 e. The second-order valence-electron chi connectivity index (χ2n) is 4.95. The van der Waals surface area contributed by atoms with Gasteiger partial charge in [0.05, 0.1) is 4.90 Å². The van der Waals surface area contributed by atoms with Crippen LogP contribution in [0.5, 0.6) is 0 Å². The summed E-state index contributed by atoms with van der Waals surface area (Å²) in [4.78, 5) is 3.48. The molecule has 0 saturated heterocycles. The van der Waals surface area contributed by atoms with Gasteiger partial charge in [-0.1, -0.05) is 36.4 Å². The summed E-state index contributed by atoms with van der Waals surface area (Å²) in [6, 6.07) is 14.4. The van der Waals surface area contributed by atoms with Crippen LogP contribution in [0.25, 0.3) is 10.9 Å². The summed E-state index contributed by atoms with van der Waals surface area (Å²) < 4.78 is 27.1. The van der Waals surface area contributed by atoms with Crippen LogP contribution in [-0.2, 0) is 16.6 Å². The lowest BCUT2D eigenvalue weighted by molar-refractivity contribution is 0.581. The Morgan fingerprint density at radius 3 is 2.57 bits per heavy atom. The summed E-state index contributed by atoms with van der Waals surface area (Å²) in [6.07, 6.45) is 1.85. The number of hydrogen-bond acceptors (Lipinski definition) is 2. The zero-order valence-corrected chi connectivity index (χ0v) is 12.4. The zero-order chi connectivity index (χ0) is 14.9. The molecule has 0 atom stereocenters. The maximum absolute atomic E-state index is 12.2. The number of nitrogens with one attached hydrogen (secondary N) is 2. The molecule has 0 aliphatic carbocycles. The van der Waals surface area contributed by atoms with E-state index in [2.05, 4.69) is 9.71 Å². The van der Waals surface area contributed by atoms with E-state index in [1.807, 2.05) is 31.3 Å². The molecule has 108 valence electrons. The number of benzene rings is 2. The molecule has 0 aliphatic rings. The van der Waals surface area contributed by atoms with Crippen LogP contribution in [0.3, 0.4) is 0 Å². The minimum atomic E-state index is -3.48. The maximum atomic E-state index is 12.2. The molecule has 0 fully saturated rings. The van der Waals surface area contributed by atoms with Crippen LogP contribution in [0, 0.1) is 6.92 Å². The molecule has 2 N–H and O–H groups in total. The average Bonchev–Trinajstić information content (AvgIpc) is 2.91. The second kappa shape index (κ2) is 5.35. The molecular formula is C16H16N2O2S. The van der Waals surface area contributed by atoms with Crippen molar-refractivity contribution in [2.75, 3.05) is 0 Å². The number of H-pyrrole nitrogens is 1. The first-order valence-corrected chi connectivity index (χ1v) is 8.16. The Hall–Kier alpha value is -2.11. The summed E-state index contributed by atoms with van der Waals surface area (Å²) in [5, 5.41) is 1.05. The normalized spacial score (nSPS) is 11.9. The Morgan fingerprint density at radius 1 is 1.05 bits per heavy atom. The van der Waals surface area contributed by atoms with Crippen molar-refractivity contribution in [1.82, 2.24) is 9.71 Å². The van der Waals surface area contributed by atoms with Gasteiger partial charge in [0.1, 0.15) is 0 Å². The van der Waals surface area contributed by atoms with Gasteiger partial charge in [0.15, 0.2) is 0 Å². The van der Waals surface area contributed by atoms with Crippen LogP contribution in [0.15, 0.2) is 59.6 Å². The Morgan fingerprint density at radius 2 is 1.81 bits per heavy atom. The van der Waals surface area contributed by atoms with Crippen LogP contribution in [0.2, 0.25) is 0 Å². The van der Waals surface area contributed by atoms with E-state index < -0.39 is 10.0 Å². The Kier molecular flexibility index (Phi) is 3.53. The van der Waals surface area contributed by atoms with Gasteiger partial charge in [-0.05, 0) is 30.2 Å². The molecule has 0 saturated carbocycles. The first kappa shape index (κ1) is 13.9. The fourth-order valence-corrected chi connectivity index (χ4v) is 3.39. The fourth-order valence-electron chi connectivity index (χ4n) is 2.37. The van der Waals surface area contributed by atoms with E-state index in [9.17, 15) is 8.42 Å². The summed E-state index contributed by atoms with van der Waals surface area (Å²) in [6.45, 7) is 2.29. The highest BCUT2D eigenvalue weighted by Gasteiger charge is 2.14. The molecule has 2 aromatic carbocycles. The van der Waals surface area contributed by atoms with Crippen LogP contribution in [-0.4, -0.2) is 13.4 Å². The predicted octanol–water partition coefficient (Wildman–Crippen LogP) is 2.95. The van der Waals surface area contributed by atoms with E-state index >= 15 is 0 Å². The van der Waals surface area contributed by atoms with Crippen LogP contribution in [0.4, 0.5) is 0 Å². The van der Waals surface area contributed by atoms with Gasteiger partial charge in [-0.3, -0.25) is 0 Å². The number of aromatic amines is 1. The quantitative estimate of drug-likeness (QED) is 0.778. The number of aryl methyl sites for hydroxylation is 1. The number of rotatable bonds is 4. The number of sulfonamides is 1. The molecule has 5 heteroatoms. The van der Waals surface area contributed by atoms with Crippen molar-refractivity contribution in [2.24, 2.45) is 0 Å². The van der Waals surface area contributed by atoms with Gasteiger partial charge in [-0.2, -0.15) is 0 Å². The molecule has 0 unspecified atom stereocenters. The molecule has 0 amide bonds. The summed E-state index contributed by atoms with van der Waals surface area (Å²) in [5.41, 5.74) is 3.13. The van der Waals surface area contributed by atoms with Gasteiger partial charge < -0.3 is 4.98 Å². The highest BCUT2D eigenvalue weighted by Crippen LogP contribution is 2.21. The summed E-state index contributed by atoms with van der Waals surface area (Å²) >= 11 is 0. The van der Waals surface area contributed by atoms with Crippen LogP contribution >= 0.6 is 0 Å². The third-order valence-electron chi connectivity index (χ3n) is 3.52. The average molecular weight is 300 g/mol. The third-order valence-corrected chi connectivity index (χ3v) is 4.93. The van der Waals surface area contributed by atoms with E-state index in [1.165, 1.54) is 0 Å². The van der Waals surface area contributed by atoms with E-state index in [0.29, 0.717) is 0 Å². The van der Waals surface area contributed by atoms with Crippen molar-refractivity contribution in [3.63, 3.8) is 0 Å². The SMILES string of the molecule is Cc1cccc2c(CNS(=O)(=O)c3ccccc3)c[nH]c12. The largest absolute Gasteiger partial charge is 0.361 e. The van der Waals surface area contributed by atoms with Gasteiger partial charge in [-0.15, -0.1) is 0 Å². The van der Waals surface area contributed by atoms with Crippen molar-refractivity contribution < 1.29 is 8.42 Å². The third kappa shape index (κ3) is 2.70. The number of hydrogen-bond donors (Lipinski definition) is 2. The lowest BCUT2D eigenvalue weighted by Crippen LogP contribution is -2.23. The highest BCUT2D eigenvalue weighted by molar-refractivity contribution is 7.89. The van der Waals surface area contributed by atoms with E-state index in [0.717, 1.165) is 22.0 Å². The van der Waals surface area contributed by atoms with Crippen molar-refractivity contribution >= 4 is 20.9 Å². The highest BCUT2D eigenvalue weighted by atomic mass is 32.2. The van der Waals surface area contributed by atoms with Crippen molar-refractivity contribution in [3.8, 4) is 0 Å². The zero-order valence-electron chi connectivity index (χ0n) is 11.6. The Balaban J connectivity index is 1.86. The molecule has 4 nitrogen and oxygen atoms in total. The maximum Gasteiger partial charge on any atom is 0.240 e. The molecule has 1 heterocycles. The van der Waals surface area contributed by atoms with Crippen LogP contribution < -0.4 is 4.72 Å². The Labute approximate surface area is 123 Å². The monoisotopic (exact) mass is 300 g/mol. The van der Waals surface area contributed by atoms with Gasteiger partial charge in [0.2, 0.25) is 10.0 Å². The molecule has 0 radical (unpaired) electrons. The van der Waals surface area contributed by atoms with Crippen molar-refractivity contribution in [3.05, 3.63) is 65.9 Å². The predicted molar refractivity (Wildman–Crippen MR) is 83.5 cm³/mol.